The van der Waals surface area contributed by atoms with Crippen molar-refractivity contribution in [2.24, 2.45) is 5.92 Å². The molecule has 3 N–H and O–H groups in total. The largest absolute Gasteiger partial charge is 0.313 e. The third kappa shape index (κ3) is 4.29. The van der Waals surface area contributed by atoms with Crippen molar-refractivity contribution >= 4 is 10.0 Å². The lowest BCUT2D eigenvalue weighted by molar-refractivity contribution is 0.526. The van der Waals surface area contributed by atoms with Crippen molar-refractivity contribution < 1.29 is 8.42 Å². The number of hydrogen-bond acceptors (Lipinski definition) is 4. The summed E-state index contributed by atoms with van der Waals surface area (Å²) in [6.07, 6.45) is 5.95. The van der Waals surface area contributed by atoms with Gasteiger partial charge in [-0.15, -0.1) is 0 Å². The molecule has 0 amide bonds. The molecule has 1 atom stereocenters. The molecule has 1 aliphatic rings. The molecule has 0 radical (unpaired) electrons. The highest BCUT2D eigenvalue weighted by atomic mass is 32.2. The smallest absolute Gasteiger partial charge is 0.258 e. The van der Waals surface area contributed by atoms with Crippen molar-refractivity contribution in [3.63, 3.8) is 0 Å². The molecule has 0 bridgehead atoms. The Hall–Kier alpha value is -0.920. The Kier molecular flexibility index (Phi) is 5.17. The minimum absolute atomic E-state index is 0.0350. The zero-order valence-corrected chi connectivity index (χ0v) is 13.0. The number of rotatable bonds is 9. The molecule has 0 saturated heterocycles. The Balaban J connectivity index is 1.98. The Labute approximate surface area is 120 Å². The van der Waals surface area contributed by atoms with E-state index in [-0.39, 0.29) is 11.1 Å². The second-order valence-corrected chi connectivity index (χ2v) is 7.25. The molecule has 0 aliphatic heterocycles. The summed E-state index contributed by atoms with van der Waals surface area (Å²) < 4.78 is 27.4. The van der Waals surface area contributed by atoms with Crippen LogP contribution in [0.2, 0.25) is 0 Å². The van der Waals surface area contributed by atoms with E-state index in [1.807, 2.05) is 6.92 Å². The lowest BCUT2D eigenvalue weighted by Gasteiger charge is -2.13. The maximum atomic E-state index is 12.3. The highest BCUT2D eigenvalue weighted by molar-refractivity contribution is 7.89. The molecule has 1 saturated carbocycles. The highest BCUT2D eigenvalue weighted by Gasteiger charge is 2.27. The van der Waals surface area contributed by atoms with Gasteiger partial charge in [-0.1, -0.05) is 19.8 Å². The molecular weight excluding hydrogens is 276 g/mol. The van der Waals surface area contributed by atoms with Crippen molar-refractivity contribution in [3.05, 3.63) is 11.8 Å². The van der Waals surface area contributed by atoms with E-state index in [0.717, 1.165) is 19.4 Å². The minimum atomic E-state index is -3.51. The molecule has 1 unspecified atom stereocenters. The van der Waals surface area contributed by atoms with Crippen LogP contribution in [0.15, 0.2) is 11.2 Å². The maximum Gasteiger partial charge on any atom is 0.258 e. The number of sulfonamides is 1. The number of nitrogens with one attached hydrogen (secondary N) is 3. The predicted molar refractivity (Wildman–Crippen MR) is 77.7 cm³/mol. The van der Waals surface area contributed by atoms with Gasteiger partial charge in [-0.05, 0) is 32.2 Å². The fourth-order valence-corrected chi connectivity index (χ4v) is 3.67. The first-order valence-electron chi connectivity index (χ1n) is 7.28. The van der Waals surface area contributed by atoms with E-state index >= 15 is 0 Å². The molecule has 1 aliphatic carbocycles. The summed E-state index contributed by atoms with van der Waals surface area (Å²) in [6, 6.07) is -0.0350. The highest BCUT2D eigenvalue weighted by Crippen LogP contribution is 2.33. The van der Waals surface area contributed by atoms with E-state index < -0.39 is 10.0 Å². The molecule has 7 heteroatoms. The van der Waals surface area contributed by atoms with Crippen LogP contribution in [-0.4, -0.2) is 31.2 Å². The van der Waals surface area contributed by atoms with Crippen molar-refractivity contribution in [3.8, 4) is 0 Å². The van der Waals surface area contributed by atoms with Crippen LogP contribution in [0.1, 0.15) is 45.1 Å². The van der Waals surface area contributed by atoms with E-state index in [9.17, 15) is 8.42 Å². The van der Waals surface area contributed by atoms with Crippen molar-refractivity contribution in [1.29, 1.82) is 0 Å². The van der Waals surface area contributed by atoms with Gasteiger partial charge < -0.3 is 5.32 Å². The van der Waals surface area contributed by atoms with Gasteiger partial charge in [0, 0.05) is 18.2 Å². The molecule has 1 fully saturated rings. The van der Waals surface area contributed by atoms with Gasteiger partial charge in [0.1, 0.15) is 0 Å². The van der Waals surface area contributed by atoms with Gasteiger partial charge >= 0.3 is 0 Å². The van der Waals surface area contributed by atoms with E-state index in [2.05, 4.69) is 27.2 Å². The second-order valence-electron chi connectivity index (χ2n) is 5.60. The molecule has 20 heavy (non-hydrogen) atoms. The van der Waals surface area contributed by atoms with Gasteiger partial charge in [0.25, 0.3) is 10.0 Å². The van der Waals surface area contributed by atoms with Crippen LogP contribution in [0.5, 0.6) is 0 Å². The van der Waals surface area contributed by atoms with Crippen LogP contribution < -0.4 is 10.0 Å². The summed E-state index contributed by atoms with van der Waals surface area (Å²) >= 11 is 0. The number of aromatic amines is 1. The Morgan fingerprint density at radius 3 is 2.90 bits per heavy atom. The fraction of sp³-hybridized carbons (Fsp3) is 0.769. The molecule has 1 aromatic heterocycles. The number of aromatic nitrogens is 2. The zero-order chi connectivity index (χ0) is 14.6. The third-order valence-electron chi connectivity index (χ3n) is 3.43. The van der Waals surface area contributed by atoms with Crippen molar-refractivity contribution in [1.82, 2.24) is 20.2 Å². The summed E-state index contributed by atoms with van der Waals surface area (Å²) in [5.41, 5.74) is 0.685. The standard InChI is InChI=1S/C13H24N4O2S/c1-3-6-14-8-12-9-15-16-13(12)20(18,19)17-10(2)7-11-4-5-11/h9-11,14,17H,3-8H2,1-2H3,(H,15,16). The Morgan fingerprint density at radius 2 is 2.25 bits per heavy atom. The minimum Gasteiger partial charge on any atom is -0.313 e. The molecular formula is C13H24N4O2S. The monoisotopic (exact) mass is 300 g/mol. The Morgan fingerprint density at radius 1 is 1.50 bits per heavy atom. The van der Waals surface area contributed by atoms with E-state index in [1.54, 1.807) is 6.20 Å². The molecule has 114 valence electrons. The van der Waals surface area contributed by atoms with Gasteiger partial charge in [0.2, 0.25) is 0 Å². The predicted octanol–water partition coefficient (Wildman–Crippen LogP) is 1.38. The van der Waals surface area contributed by atoms with E-state index in [0.29, 0.717) is 18.0 Å². The SMILES string of the molecule is CCCNCc1cn[nH]c1S(=O)(=O)NC(C)CC1CC1. The van der Waals surface area contributed by atoms with Gasteiger partial charge in [-0.3, -0.25) is 5.10 Å². The first kappa shape index (κ1) is 15.5. The molecule has 0 spiro atoms. The average Bonchev–Trinajstić information content (AvgIpc) is 3.04. The quantitative estimate of drug-likeness (QED) is 0.601. The summed E-state index contributed by atoms with van der Waals surface area (Å²) in [5, 5.41) is 9.85. The molecule has 2 rings (SSSR count). The number of hydrogen-bond donors (Lipinski definition) is 3. The first-order chi connectivity index (χ1) is 9.53. The lowest BCUT2D eigenvalue weighted by atomic mass is 10.2. The van der Waals surface area contributed by atoms with Crippen molar-refractivity contribution in [2.45, 2.75) is 57.1 Å². The van der Waals surface area contributed by atoms with Gasteiger partial charge in [-0.2, -0.15) is 5.10 Å². The normalized spacial score (nSPS) is 17.3. The number of nitrogens with zero attached hydrogens (tertiary/aromatic N) is 1. The molecule has 6 nitrogen and oxygen atoms in total. The third-order valence-corrected chi connectivity index (χ3v) is 5.03. The lowest BCUT2D eigenvalue weighted by Crippen LogP contribution is -2.34. The number of H-pyrrole nitrogens is 1. The van der Waals surface area contributed by atoms with Gasteiger partial charge in [0.05, 0.1) is 6.20 Å². The Bertz CT molecular complexity index is 522. The van der Waals surface area contributed by atoms with Crippen LogP contribution in [0.3, 0.4) is 0 Å². The molecule has 1 aromatic rings. The average molecular weight is 300 g/mol. The van der Waals surface area contributed by atoms with Crippen LogP contribution in [0.25, 0.3) is 0 Å². The summed E-state index contributed by atoms with van der Waals surface area (Å²) in [6.45, 7) is 5.36. The van der Waals surface area contributed by atoms with Crippen LogP contribution in [-0.2, 0) is 16.6 Å². The van der Waals surface area contributed by atoms with Crippen LogP contribution in [0, 0.1) is 5.92 Å². The summed E-state index contributed by atoms with van der Waals surface area (Å²) in [7, 11) is -3.51. The van der Waals surface area contributed by atoms with Gasteiger partial charge in [0.15, 0.2) is 5.03 Å². The van der Waals surface area contributed by atoms with Crippen LogP contribution in [0.4, 0.5) is 0 Å². The zero-order valence-electron chi connectivity index (χ0n) is 12.1. The fourth-order valence-electron chi connectivity index (χ4n) is 2.28. The van der Waals surface area contributed by atoms with E-state index in [1.165, 1.54) is 12.8 Å². The maximum absolute atomic E-state index is 12.3. The topological polar surface area (TPSA) is 86.9 Å². The van der Waals surface area contributed by atoms with Crippen molar-refractivity contribution in [2.75, 3.05) is 6.54 Å². The second kappa shape index (κ2) is 6.69. The molecule has 0 aromatic carbocycles. The summed E-state index contributed by atoms with van der Waals surface area (Å²) in [4.78, 5) is 0. The molecule has 1 heterocycles. The van der Waals surface area contributed by atoms with E-state index in [4.69, 9.17) is 0 Å². The summed E-state index contributed by atoms with van der Waals surface area (Å²) in [5.74, 6) is 0.695. The van der Waals surface area contributed by atoms with Gasteiger partial charge in [-0.25, -0.2) is 13.1 Å². The first-order valence-corrected chi connectivity index (χ1v) is 8.76. The van der Waals surface area contributed by atoms with Crippen LogP contribution >= 0.6 is 0 Å².